The first kappa shape index (κ1) is 7.45. The summed E-state index contributed by atoms with van der Waals surface area (Å²) >= 11 is 2.71. The number of hydrogen-bond donors (Lipinski definition) is 2. The molecule has 0 aromatic rings. The van der Waals surface area contributed by atoms with Crippen LogP contribution in [-0.4, -0.2) is 5.51 Å². The maximum atomic E-state index is 10.9. The van der Waals surface area contributed by atoms with E-state index in [-0.39, 0.29) is 0 Å². The van der Waals surface area contributed by atoms with Crippen molar-refractivity contribution < 1.29 is 13.2 Å². The number of nitrogens with one attached hydrogen (secondary N) is 1. The van der Waals surface area contributed by atoms with Gasteiger partial charge in [0.25, 0.3) is 0 Å². The van der Waals surface area contributed by atoms with Gasteiger partial charge in [-0.05, 0) is 0 Å². The van der Waals surface area contributed by atoms with Crippen LogP contribution in [0.3, 0.4) is 0 Å². The highest BCUT2D eigenvalue weighted by molar-refractivity contribution is 8.06. The van der Waals surface area contributed by atoms with E-state index >= 15 is 0 Å². The molecule has 0 heterocycles. The van der Waals surface area contributed by atoms with Crippen molar-refractivity contribution in [2.24, 2.45) is 0 Å². The molecular weight excluding hydrogens is 147 g/mol. The third-order valence-corrected chi connectivity index (χ3v) is 0.758. The monoisotopic (exact) mass is 149 g/mol. The van der Waals surface area contributed by atoms with Crippen molar-refractivity contribution in [1.82, 2.24) is 4.13 Å². The van der Waals surface area contributed by atoms with E-state index in [1.54, 1.807) is 4.13 Å². The second kappa shape index (κ2) is 2.68. The number of thiol groups is 1. The standard InChI is InChI=1S/CH2F3NS2/c2-1(3,4)7-5-6/h5-6H. The third-order valence-electron chi connectivity index (χ3n) is 0.161. The number of rotatable bonds is 1. The first-order valence-corrected chi connectivity index (χ1v) is 2.46. The maximum absolute atomic E-state index is 10.9. The van der Waals surface area contributed by atoms with E-state index in [1.165, 1.54) is 0 Å². The van der Waals surface area contributed by atoms with Gasteiger partial charge in [-0.1, -0.05) is 12.8 Å². The van der Waals surface area contributed by atoms with Crippen LogP contribution in [-0.2, 0) is 0 Å². The smallest absolute Gasteiger partial charge is 0.203 e. The van der Waals surface area contributed by atoms with E-state index in [0.29, 0.717) is 0 Å². The van der Waals surface area contributed by atoms with Crippen LogP contribution < -0.4 is 4.13 Å². The Balaban J connectivity index is 3.15. The molecule has 7 heavy (non-hydrogen) atoms. The minimum absolute atomic E-state index is 0.397. The van der Waals surface area contributed by atoms with Gasteiger partial charge < -0.3 is 0 Å². The fourth-order valence-corrected chi connectivity index (χ4v) is 0.466. The van der Waals surface area contributed by atoms with Gasteiger partial charge in [0, 0.05) is 11.9 Å². The van der Waals surface area contributed by atoms with Crippen molar-refractivity contribution in [3.05, 3.63) is 0 Å². The van der Waals surface area contributed by atoms with Gasteiger partial charge in [-0.15, -0.1) is 0 Å². The second-order valence-corrected chi connectivity index (χ2v) is 2.04. The molecule has 0 aromatic heterocycles. The van der Waals surface area contributed by atoms with Crippen LogP contribution in [0, 0.1) is 0 Å². The Hall–Kier alpha value is 0.450. The van der Waals surface area contributed by atoms with Crippen LogP contribution in [0.2, 0.25) is 0 Å². The topological polar surface area (TPSA) is 12.0 Å². The van der Waals surface area contributed by atoms with E-state index in [1.807, 2.05) is 0 Å². The fourth-order valence-electron chi connectivity index (χ4n) is 0.0518. The lowest BCUT2D eigenvalue weighted by Gasteiger charge is -1.99. The van der Waals surface area contributed by atoms with Crippen LogP contribution in [0.15, 0.2) is 0 Å². The highest BCUT2D eigenvalue weighted by Crippen LogP contribution is 2.27. The van der Waals surface area contributed by atoms with Gasteiger partial charge in [0.1, 0.15) is 0 Å². The van der Waals surface area contributed by atoms with E-state index in [2.05, 4.69) is 12.8 Å². The average Bonchev–Trinajstić information content (AvgIpc) is 1.30. The second-order valence-electron chi connectivity index (χ2n) is 0.639. The predicted molar refractivity (Wildman–Crippen MR) is 25.8 cm³/mol. The van der Waals surface area contributed by atoms with Gasteiger partial charge in [-0.2, -0.15) is 13.2 Å². The molecular formula is CH2F3NS2. The largest absolute Gasteiger partial charge is 0.456 e. The quantitative estimate of drug-likeness (QED) is 0.433. The molecule has 0 atom stereocenters. The number of halogens is 3. The van der Waals surface area contributed by atoms with E-state index in [4.69, 9.17) is 0 Å². The summed E-state index contributed by atoms with van der Waals surface area (Å²) in [7, 11) is 0. The Morgan fingerprint density at radius 2 is 1.86 bits per heavy atom. The lowest BCUT2D eigenvalue weighted by molar-refractivity contribution is -0.0330. The van der Waals surface area contributed by atoms with Crippen LogP contribution in [0.1, 0.15) is 0 Å². The molecule has 1 nitrogen and oxygen atoms in total. The van der Waals surface area contributed by atoms with Crippen LogP contribution in [0.5, 0.6) is 0 Å². The van der Waals surface area contributed by atoms with Crippen molar-refractivity contribution in [3.63, 3.8) is 0 Å². The van der Waals surface area contributed by atoms with Gasteiger partial charge in [0.15, 0.2) is 0 Å². The SMILES string of the molecule is FC(F)(F)SNS. The van der Waals surface area contributed by atoms with Crippen LogP contribution in [0.25, 0.3) is 0 Å². The number of alkyl halides is 3. The minimum Gasteiger partial charge on any atom is -0.203 e. The predicted octanol–water partition coefficient (Wildman–Crippen LogP) is 1.59. The molecule has 0 unspecified atom stereocenters. The summed E-state index contributed by atoms with van der Waals surface area (Å²) in [5, 5.41) is 0. The maximum Gasteiger partial charge on any atom is 0.456 e. The highest BCUT2D eigenvalue weighted by atomic mass is 32.2. The van der Waals surface area contributed by atoms with Crippen molar-refractivity contribution in [3.8, 4) is 0 Å². The van der Waals surface area contributed by atoms with Gasteiger partial charge in [-0.3, -0.25) is 0 Å². The Morgan fingerprint density at radius 3 is 1.86 bits per heavy atom. The molecule has 0 rings (SSSR count). The molecule has 0 saturated carbocycles. The molecule has 0 saturated heterocycles. The Bertz CT molecular complexity index is 51.4. The van der Waals surface area contributed by atoms with Crippen molar-refractivity contribution in [2.75, 3.05) is 0 Å². The molecule has 6 heteroatoms. The van der Waals surface area contributed by atoms with Crippen molar-refractivity contribution in [1.29, 1.82) is 0 Å². The molecule has 0 aromatic carbocycles. The van der Waals surface area contributed by atoms with E-state index < -0.39 is 17.5 Å². The van der Waals surface area contributed by atoms with Gasteiger partial charge in [0.2, 0.25) is 0 Å². The summed E-state index contributed by atoms with van der Waals surface area (Å²) in [5.74, 6) is 0. The van der Waals surface area contributed by atoms with Gasteiger partial charge >= 0.3 is 5.51 Å². The minimum atomic E-state index is -4.22. The summed E-state index contributed by atoms with van der Waals surface area (Å²) in [5.41, 5.74) is -4.22. The summed E-state index contributed by atoms with van der Waals surface area (Å²) < 4.78 is 34.3. The van der Waals surface area contributed by atoms with Gasteiger partial charge in [0.05, 0.1) is 0 Å². The summed E-state index contributed by atoms with van der Waals surface area (Å²) in [6, 6.07) is 0. The lowest BCUT2D eigenvalue weighted by Crippen LogP contribution is -2.04. The molecule has 1 N–H and O–H groups in total. The highest BCUT2D eigenvalue weighted by Gasteiger charge is 2.27. The lowest BCUT2D eigenvalue weighted by atomic mass is 11.6. The zero-order valence-electron chi connectivity index (χ0n) is 2.99. The Kier molecular flexibility index (Phi) is 2.86. The Labute approximate surface area is 48.3 Å². The molecule has 0 bridgehead atoms. The van der Waals surface area contributed by atoms with Gasteiger partial charge in [-0.25, -0.2) is 4.13 Å². The van der Waals surface area contributed by atoms with E-state index in [0.717, 1.165) is 0 Å². The van der Waals surface area contributed by atoms with Crippen molar-refractivity contribution in [2.45, 2.75) is 5.51 Å². The fraction of sp³-hybridized carbons (Fsp3) is 1.00. The summed E-state index contributed by atoms with van der Waals surface area (Å²) in [6.45, 7) is 0. The Morgan fingerprint density at radius 1 is 1.43 bits per heavy atom. The van der Waals surface area contributed by atoms with E-state index in [9.17, 15) is 13.2 Å². The summed E-state index contributed by atoms with van der Waals surface area (Å²) in [4.78, 5) is 0. The molecule has 0 aliphatic heterocycles. The zero-order chi connectivity index (χ0) is 5.91. The molecule has 0 spiro atoms. The van der Waals surface area contributed by atoms with Crippen LogP contribution in [0.4, 0.5) is 13.2 Å². The van der Waals surface area contributed by atoms with Crippen molar-refractivity contribution >= 4 is 24.8 Å². The molecule has 44 valence electrons. The number of hydrogen-bond acceptors (Lipinski definition) is 3. The molecule has 0 amide bonds. The molecule has 0 fully saturated rings. The summed E-state index contributed by atoms with van der Waals surface area (Å²) in [6.07, 6.45) is 0. The average molecular weight is 149 g/mol. The molecule has 0 radical (unpaired) electrons. The zero-order valence-corrected chi connectivity index (χ0v) is 4.70. The first-order valence-electron chi connectivity index (χ1n) is 1.20. The van der Waals surface area contributed by atoms with Crippen LogP contribution >= 0.6 is 24.8 Å². The third kappa shape index (κ3) is 6.45. The normalized spacial score (nSPS) is 12.0. The first-order chi connectivity index (χ1) is 3.06. The molecule has 0 aliphatic rings. The molecule has 0 aliphatic carbocycles.